The summed E-state index contributed by atoms with van der Waals surface area (Å²) >= 11 is 0. The van der Waals surface area contributed by atoms with Crippen LogP contribution < -0.4 is 0 Å². The molecular weight excluding hydrogens is 486 g/mol. The van der Waals surface area contributed by atoms with E-state index in [-0.39, 0.29) is 6.10 Å². The molecule has 2 atom stereocenters. The number of aromatic nitrogens is 4. The average Bonchev–Trinajstić information content (AvgIpc) is 3.57. The molecule has 0 radical (unpaired) electrons. The molecular formula is C28H31N5O5. The second-order valence-electron chi connectivity index (χ2n) is 9.47. The third-order valence-corrected chi connectivity index (χ3v) is 6.73. The highest BCUT2D eigenvalue weighted by Gasteiger charge is 2.25. The maximum Gasteiger partial charge on any atom is 0.506 e. The van der Waals surface area contributed by atoms with E-state index in [1.165, 1.54) is 0 Å². The highest BCUT2D eigenvalue weighted by molar-refractivity contribution is 5.62. The van der Waals surface area contributed by atoms with Crippen molar-refractivity contribution < 1.29 is 24.3 Å². The lowest BCUT2D eigenvalue weighted by atomic mass is 10.0. The topological polar surface area (TPSA) is 127 Å². The van der Waals surface area contributed by atoms with Gasteiger partial charge in [0, 0.05) is 18.7 Å². The number of hydrogen-bond acceptors (Lipinski definition) is 8. The second kappa shape index (κ2) is 11.6. The number of hydrogen-bond donors (Lipinski definition) is 2. The van der Waals surface area contributed by atoms with Crippen LogP contribution in [0.15, 0.2) is 65.3 Å². The number of aliphatic hydroxyl groups is 1. The second-order valence-corrected chi connectivity index (χ2v) is 9.47. The summed E-state index contributed by atoms with van der Waals surface area (Å²) in [6.07, 6.45) is 2.72. The summed E-state index contributed by atoms with van der Waals surface area (Å²) in [6.45, 7) is 3.79. The molecule has 0 spiro atoms. The largest absolute Gasteiger partial charge is 0.506 e. The number of ether oxygens (including phenoxy) is 1. The number of likely N-dealkylation sites (tertiary alicyclic amines) is 1. The van der Waals surface area contributed by atoms with Crippen LogP contribution in [-0.2, 0) is 11.2 Å². The van der Waals surface area contributed by atoms with Crippen LogP contribution in [0.5, 0.6) is 0 Å². The monoisotopic (exact) mass is 517 g/mol. The molecule has 1 fully saturated rings. The van der Waals surface area contributed by atoms with Gasteiger partial charge in [0.05, 0.1) is 29.2 Å². The minimum Gasteiger partial charge on any atom is -0.450 e. The van der Waals surface area contributed by atoms with Gasteiger partial charge in [0.2, 0.25) is 5.82 Å². The zero-order valence-electron chi connectivity index (χ0n) is 21.2. The van der Waals surface area contributed by atoms with Crippen LogP contribution in [0.25, 0.3) is 28.5 Å². The summed E-state index contributed by atoms with van der Waals surface area (Å²) in [5.74, 6) is 0.874. The van der Waals surface area contributed by atoms with Gasteiger partial charge in [-0.1, -0.05) is 61.0 Å². The quantitative estimate of drug-likeness (QED) is 0.303. The van der Waals surface area contributed by atoms with Crippen molar-refractivity contribution in [1.82, 2.24) is 24.8 Å². The predicted molar refractivity (Wildman–Crippen MR) is 140 cm³/mol. The van der Waals surface area contributed by atoms with Crippen molar-refractivity contribution in [1.29, 1.82) is 0 Å². The van der Waals surface area contributed by atoms with E-state index in [0.717, 1.165) is 53.9 Å². The van der Waals surface area contributed by atoms with Crippen molar-refractivity contribution in [3.8, 4) is 28.5 Å². The third-order valence-electron chi connectivity index (χ3n) is 6.73. The molecule has 1 saturated heterocycles. The van der Waals surface area contributed by atoms with Crippen LogP contribution in [0.1, 0.15) is 43.5 Å². The van der Waals surface area contributed by atoms with Gasteiger partial charge in [0.25, 0.3) is 5.89 Å². The van der Waals surface area contributed by atoms with Crippen molar-refractivity contribution in [3.63, 3.8) is 0 Å². The molecule has 1 unspecified atom stereocenters. The van der Waals surface area contributed by atoms with Crippen molar-refractivity contribution in [2.45, 2.75) is 44.8 Å². The molecule has 2 N–H and O–H groups in total. The maximum absolute atomic E-state index is 10.8. The first-order chi connectivity index (χ1) is 18.5. The lowest BCUT2D eigenvalue weighted by Crippen LogP contribution is -2.42. The van der Waals surface area contributed by atoms with Gasteiger partial charge in [-0.2, -0.15) is 10.1 Å². The summed E-state index contributed by atoms with van der Waals surface area (Å²) in [6, 6.07) is 17.4. The molecule has 2 aromatic carbocycles. The van der Waals surface area contributed by atoms with Crippen molar-refractivity contribution in [2.24, 2.45) is 0 Å². The van der Waals surface area contributed by atoms with Crippen LogP contribution in [0.4, 0.5) is 4.79 Å². The number of piperidine rings is 1. The fourth-order valence-electron chi connectivity index (χ4n) is 4.89. The molecule has 1 aliphatic rings. The van der Waals surface area contributed by atoms with E-state index < -0.39 is 12.3 Å². The Morgan fingerprint density at radius 3 is 2.71 bits per heavy atom. The highest BCUT2D eigenvalue weighted by Crippen LogP contribution is 2.28. The molecule has 198 valence electrons. The van der Waals surface area contributed by atoms with Gasteiger partial charge in [-0.25, -0.2) is 9.48 Å². The molecule has 10 heteroatoms. The molecule has 1 aliphatic heterocycles. The Hall–Kier alpha value is -4.02. The van der Waals surface area contributed by atoms with E-state index in [4.69, 9.17) is 14.4 Å². The van der Waals surface area contributed by atoms with Crippen molar-refractivity contribution in [2.75, 3.05) is 19.6 Å². The first-order valence-corrected chi connectivity index (χ1v) is 12.9. The van der Waals surface area contributed by atoms with Gasteiger partial charge in [0.15, 0.2) is 0 Å². The Balaban J connectivity index is 1.28. The summed E-state index contributed by atoms with van der Waals surface area (Å²) in [5, 5.41) is 28.4. The standard InChI is InChI=1S/C28H31N5O5/c1-2-7-24-23(16-29-33(24)21-8-4-3-5-9-21)27-30-26(31-38-27)20-13-11-19(12-14-20)25(34)18-32-15-6-10-22(17-32)37-28(35)36/h3-5,8-9,11-14,16,22,25,34H,2,6-7,10,15,17-18H2,1H3,(H,35,36)/t22-,25?/m0/s1. The van der Waals surface area contributed by atoms with Crippen LogP contribution in [0.3, 0.4) is 0 Å². The number of benzene rings is 2. The maximum atomic E-state index is 10.8. The summed E-state index contributed by atoms with van der Waals surface area (Å²) in [7, 11) is 0. The summed E-state index contributed by atoms with van der Waals surface area (Å²) in [4.78, 5) is 17.5. The Kier molecular flexibility index (Phi) is 7.81. The number of nitrogens with zero attached hydrogens (tertiary/aromatic N) is 5. The minimum atomic E-state index is -1.26. The van der Waals surface area contributed by atoms with Gasteiger partial charge in [0.1, 0.15) is 6.10 Å². The molecule has 10 nitrogen and oxygen atoms in total. The molecule has 0 aliphatic carbocycles. The molecule has 2 aromatic heterocycles. The fraction of sp³-hybridized carbons (Fsp3) is 0.357. The lowest BCUT2D eigenvalue weighted by Gasteiger charge is -2.33. The zero-order valence-corrected chi connectivity index (χ0v) is 21.2. The van der Waals surface area contributed by atoms with Gasteiger partial charge < -0.3 is 19.5 Å². The van der Waals surface area contributed by atoms with Crippen molar-refractivity contribution in [3.05, 3.63) is 72.1 Å². The van der Waals surface area contributed by atoms with E-state index in [0.29, 0.717) is 31.2 Å². The lowest BCUT2D eigenvalue weighted by molar-refractivity contribution is 0.00215. The van der Waals surface area contributed by atoms with E-state index >= 15 is 0 Å². The van der Waals surface area contributed by atoms with E-state index in [1.807, 2.05) is 64.2 Å². The van der Waals surface area contributed by atoms with E-state index in [9.17, 15) is 9.90 Å². The van der Waals surface area contributed by atoms with Gasteiger partial charge in [-0.15, -0.1) is 0 Å². The average molecular weight is 518 g/mol. The number of carbonyl (C=O) groups is 1. The van der Waals surface area contributed by atoms with Gasteiger partial charge >= 0.3 is 6.16 Å². The molecule has 3 heterocycles. The van der Waals surface area contributed by atoms with E-state index in [1.54, 1.807) is 6.20 Å². The molecule has 0 bridgehead atoms. The molecule has 5 rings (SSSR count). The highest BCUT2D eigenvalue weighted by atomic mass is 16.7. The van der Waals surface area contributed by atoms with Crippen LogP contribution in [0.2, 0.25) is 0 Å². The number of β-amino-alcohol motifs (C(OH)–C–C–N with tert-alkyl or cyclic N) is 1. The zero-order chi connectivity index (χ0) is 26.5. The third kappa shape index (κ3) is 5.76. The Bertz CT molecular complexity index is 1350. The molecule has 0 saturated carbocycles. The number of carboxylic acid groups (broad SMARTS) is 1. The number of aliphatic hydroxyl groups excluding tert-OH is 1. The molecule has 0 amide bonds. The summed E-state index contributed by atoms with van der Waals surface area (Å²) in [5.41, 5.74) is 4.34. The molecule has 4 aromatic rings. The first-order valence-electron chi connectivity index (χ1n) is 12.9. The van der Waals surface area contributed by atoms with Crippen molar-refractivity contribution >= 4 is 6.16 Å². The predicted octanol–water partition coefficient (Wildman–Crippen LogP) is 4.73. The van der Waals surface area contributed by atoms with Crippen LogP contribution in [0, 0.1) is 0 Å². The normalized spacial score (nSPS) is 16.8. The fourth-order valence-corrected chi connectivity index (χ4v) is 4.89. The number of para-hydroxylation sites is 1. The summed E-state index contributed by atoms with van der Waals surface area (Å²) < 4.78 is 12.5. The van der Waals surface area contributed by atoms with Gasteiger partial charge in [-0.05, 0) is 43.5 Å². The first kappa shape index (κ1) is 25.6. The van der Waals surface area contributed by atoms with E-state index in [2.05, 4.69) is 22.2 Å². The van der Waals surface area contributed by atoms with Crippen LogP contribution >= 0.6 is 0 Å². The smallest absolute Gasteiger partial charge is 0.450 e. The Labute approximate surface area is 220 Å². The van der Waals surface area contributed by atoms with Crippen LogP contribution in [-0.4, -0.2) is 66.9 Å². The number of rotatable bonds is 9. The Morgan fingerprint density at radius 1 is 1.18 bits per heavy atom. The minimum absolute atomic E-state index is 0.360. The SMILES string of the molecule is CCCc1c(-c2nc(-c3ccc(C(O)CN4CCC[C@H](OC(=O)O)C4)cc3)no2)cnn1-c1ccccc1. The Morgan fingerprint density at radius 2 is 1.97 bits per heavy atom. The van der Waals surface area contributed by atoms with Gasteiger partial charge in [-0.3, -0.25) is 4.90 Å². The molecule has 38 heavy (non-hydrogen) atoms.